The van der Waals surface area contributed by atoms with Gasteiger partial charge in [-0.1, -0.05) is 270 Å². The van der Waals surface area contributed by atoms with E-state index < -0.39 is 0 Å². The van der Waals surface area contributed by atoms with Gasteiger partial charge >= 0.3 is 0 Å². The van der Waals surface area contributed by atoms with Gasteiger partial charge < -0.3 is 0 Å². The molecule has 0 aliphatic heterocycles. The van der Waals surface area contributed by atoms with Crippen LogP contribution in [0.2, 0.25) is 0 Å². The van der Waals surface area contributed by atoms with Gasteiger partial charge in [0.25, 0.3) is 0 Å². The Kier molecular flexibility index (Phi) is 13.6. The van der Waals surface area contributed by atoms with Crippen LogP contribution < -0.4 is 0 Å². The second-order valence-corrected chi connectivity index (χ2v) is 27.3. The molecule has 0 unspecified atom stereocenters. The summed E-state index contributed by atoms with van der Waals surface area (Å²) in [5, 5.41) is 11.1. The van der Waals surface area contributed by atoms with Gasteiger partial charge in [0, 0.05) is 16.2 Å². The first-order valence-electron chi connectivity index (χ1n) is 30.0. The van der Waals surface area contributed by atoms with Crippen molar-refractivity contribution in [1.82, 2.24) is 0 Å². The summed E-state index contributed by atoms with van der Waals surface area (Å²) in [6.07, 6.45) is 0. The molecule has 0 atom stereocenters. The molecule has 10 aromatic rings. The van der Waals surface area contributed by atoms with Crippen molar-refractivity contribution < 1.29 is 0 Å². The first-order chi connectivity index (χ1) is 37.4. The van der Waals surface area contributed by atoms with E-state index in [4.69, 9.17) is 0 Å². The van der Waals surface area contributed by atoms with Gasteiger partial charge in [-0.25, -0.2) is 0 Å². The minimum atomic E-state index is -0.0115. The fraction of sp³-hybridized carbons (Fsp3) is 0.342. The zero-order valence-electron chi connectivity index (χ0n) is 51.0. The lowest BCUT2D eigenvalue weighted by molar-refractivity contribution is 0.656. The van der Waals surface area contributed by atoms with Crippen LogP contribution in [0, 0.1) is 0 Å². The molecule has 0 heterocycles. The van der Waals surface area contributed by atoms with Crippen molar-refractivity contribution in [3.63, 3.8) is 0 Å². The SMILES string of the molecule is CC(C)c1ccc2c(c1)C(C)(C)c1cc(C(C)C)c3ccccc3c1-2.CC(C)c1ccc2c(c1)C(C)(C)c1cc3cc(C(C)C)ccc3cc1-2.CC(C)c1ccc2c3c(ccc2c1)-c1ccc2cc(C(C)C)ccc2c1C3(C)C. The quantitative estimate of drug-likeness (QED) is 0.156. The Balaban J connectivity index is 0.000000126. The molecule has 0 fully saturated rings. The number of fused-ring (bicyclic) bond motifs is 16. The normalized spacial score (nSPS) is 14.9. The first-order valence-corrected chi connectivity index (χ1v) is 30.0. The highest BCUT2D eigenvalue weighted by atomic mass is 14.4. The maximum absolute atomic E-state index is 2.48. The van der Waals surface area contributed by atoms with E-state index in [-0.39, 0.29) is 16.2 Å². The van der Waals surface area contributed by atoms with Crippen LogP contribution in [0.4, 0.5) is 0 Å². The predicted molar refractivity (Wildman–Crippen MR) is 347 cm³/mol. The van der Waals surface area contributed by atoms with Crippen molar-refractivity contribution in [1.29, 1.82) is 0 Å². The lowest BCUT2D eigenvalue weighted by Crippen LogP contribution is -2.16. The second kappa shape index (κ2) is 19.8. The summed E-state index contributed by atoms with van der Waals surface area (Å²) in [5.74, 6) is 3.33. The van der Waals surface area contributed by atoms with Gasteiger partial charge in [-0.15, -0.1) is 0 Å². The third-order valence-electron chi connectivity index (χ3n) is 19.0. The molecule has 0 aromatic heterocycles. The highest BCUT2D eigenvalue weighted by Gasteiger charge is 2.40. The van der Waals surface area contributed by atoms with Crippen molar-refractivity contribution in [2.24, 2.45) is 0 Å². The highest BCUT2D eigenvalue weighted by molar-refractivity contribution is 6.05. The maximum Gasteiger partial charge on any atom is 0.0171 e. The van der Waals surface area contributed by atoms with Crippen molar-refractivity contribution in [3.05, 3.63) is 224 Å². The molecule has 0 nitrogen and oxygen atoms in total. The second-order valence-electron chi connectivity index (χ2n) is 27.3. The summed E-state index contributed by atoms with van der Waals surface area (Å²) in [4.78, 5) is 0. The topological polar surface area (TPSA) is 0 Å². The number of hydrogen-bond acceptors (Lipinski definition) is 0. The van der Waals surface area contributed by atoms with Crippen LogP contribution in [-0.2, 0) is 16.2 Å². The zero-order chi connectivity index (χ0) is 56.4. The monoisotopic (exact) mass is 1030 g/mol. The van der Waals surface area contributed by atoms with Crippen LogP contribution in [0.3, 0.4) is 0 Å². The molecule has 0 saturated carbocycles. The van der Waals surface area contributed by atoms with E-state index in [9.17, 15) is 0 Å². The van der Waals surface area contributed by atoms with Crippen molar-refractivity contribution in [2.45, 2.75) is 176 Å². The van der Waals surface area contributed by atoms with Crippen LogP contribution in [-0.4, -0.2) is 0 Å². The Morgan fingerprint density at radius 3 is 1.15 bits per heavy atom. The molecule has 0 amide bonds. The third-order valence-corrected chi connectivity index (χ3v) is 19.0. The third kappa shape index (κ3) is 8.96. The fourth-order valence-corrected chi connectivity index (χ4v) is 14.0. The first kappa shape index (κ1) is 54.2. The summed E-state index contributed by atoms with van der Waals surface area (Å²) in [6, 6.07) is 60.9. The lowest BCUT2D eigenvalue weighted by Gasteiger charge is -2.25. The van der Waals surface area contributed by atoms with E-state index in [1.165, 1.54) is 143 Å². The van der Waals surface area contributed by atoms with Gasteiger partial charge in [-0.2, -0.15) is 0 Å². The van der Waals surface area contributed by atoms with Gasteiger partial charge in [-0.05, 0) is 191 Å². The van der Waals surface area contributed by atoms with Crippen LogP contribution >= 0.6 is 0 Å². The summed E-state index contributed by atoms with van der Waals surface area (Å²) in [5.41, 5.74) is 26.1. The smallest absolute Gasteiger partial charge is 0.0171 e. The Bertz CT molecular complexity index is 3940. The fourth-order valence-electron chi connectivity index (χ4n) is 14.0. The molecule has 0 bridgehead atoms. The molecule has 0 N–H and O–H groups in total. The standard InChI is InChI=1S/C29H30.2C25H28/c1-17(2)19-7-11-23-21(15-19)9-13-25-26-14-10-22-16-20(18(3)4)8-12-24(22)28(26)29(5,6)27(23)25;1-15(2)17-7-8-19-12-22-21-10-9-18(16(3)4)13-23(21)25(5,6)24(22)14-20(19)11-17;1-15(2)17-11-12-20-22(13-17)25(5,6)23-14-21(16(3)4)18-9-7-8-10-19(18)24(20)23/h7-18H,1-6H3;2*7-16H,1-6H3. The minimum Gasteiger partial charge on any atom is -0.0616 e. The number of benzene rings is 10. The van der Waals surface area contributed by atoms with E-state index in [1.54, 1.807) is 0 Å². The number of rotatable bonds is 6. The summed E-state index contributed by atoms with van der Waals surface area (Å²) in [7, 11) is 0. The van der Waals surface area contributed by atoms with Crippen LogP contribution in [0.1, 0.15) is 227 Å². The van der Waals surface area contributed by atoms with Gasteiger partial charge in [-0.3, -0.25) is 0 Å². The van der Waals surface area contributed by atoms with E-state index in [0.717, 1.165) is 0 Å². The Hall–Kier alpha value is -6.76. The molecule has 0 radical (unpaired) electrons. The van der Waals surface area contributed by atoms with E-state index >= 15 is 0 Å². The van der Waals surface area contributed by atoms with E-state index in [0.29, 0.717) is 35.5 Å². The molecule has 13 rings (SSSR count). The minimum absolute atomic E-state index is 0.0115. The number of hydrogen-bond donors (Lipinski definition) is 0. The van der Waals surface area contributed by atoms with E-state index in [2.05, 4.69) is 282 Å². The van der Waals surface area contributed by atoms with E-state index in [1.807, 2.05) is 0 Å². The lowest BCUT2D eigenvalue weighted by atomic mass is 9.78. The Labute approximate surface area is 474 Å². The summed E-state index contributed by atoms with van der Waals surface area (Å²) in [6.45, 7) is 41.7. The van der Waals surface area contributed by atoms with Crippen LogP contribution in [0.15, 0.2) is 158 Å². The van der Waals surface area contributed by atoms with Crippen LogP contribution in [0.25, 0.3) is 76.5 Å². The van der Waals surface area contributed by atoms with Gasteiger partial charge in [0.1, 0.15) is 0 Å². The van der Waals surface area contributed by atoms with Gasteiger partial charge in [0.15, 0.2) is 0 Å². The van der Waals surface area contributed by atoms with Crippen molar-refractivity contribution >= 4 is 43.1 Å². The predicted octanol–water partition coefficient (Wildman–Crippen LogP) is 23.3. The highest BCUT2D eigenvalue weighted by Crippen LogP contribution is 2.56. The largest absolute Gasteiger partial charge is 0.0616 e. The molecule has 402 valence electrons. The van der Waals surface area contributed by atoms with Crippen molar-refractivity contribution in [2.75, 3.05) is 0 Å². The summed E-state index contributed by atoms with van der Waals surface area (Å²) < 4.78 is 0. The maximum atomic E-state index is 2.48. The molecule has 10 aromatic carbocycles. The molecular weight excluding hydrogens is 949 g/mol. The zero-order valence-corrected chi connectivity index (χ0v) is 51.0. The molecule has 0 heteroatoms. The molecule has 79 heavy (non-hydrogen) atoms. The molecular formula is C79H86. The van der Waals surface area contributed by atoms with Gasteiger partial charge in [0.2, 0.25) is 0 Å². The molecule has 3 aliphatic carbocycles. The average molecular weight is 1040 g/mol. The molecule has 0 saturated heterocycles. The Morgan fingerprint density at radius 2 is 0.646 bits per heavy atom. The average Bonchev–Trinajstić information content (AvgIpc) is 3.32. The van der Waals surface area contributed by atoms with Gasteiger partial charge in [0.05, 0.1) is 0 Å². The van der Waals surface area contributed by atoms with Crippen LogP contribution in [0.5, 0.6) is 0 Å². The molecule has 3 aliphatic rings. The summed E-state index contributed by atoms with van der Waals surface area (Å²) >= 11 is 0. The van der Waals surface area contributed by atoms with Crippen molar-refractivity contribution in [3.8, 4) is 33.4 Å². The molecule has 0 spiro atoms. The Morgan fingerprint density at radius 1 is 0.253 bits per heavy atom.